The molecule has 1 atom stereocenters. The molecule has 0 aromatic carbocycles. The van der Waals surface area contributed by atoms with Gasteiger partial charge < -0.3 is 5.11 Å². The third-order valence-electron chi connectivity index (χ3n) is 1.47. The van der Waals surface area contributed by atoms with Crippen molar-refractivity contribution >= 4 is 11.6 Å². The van der Waals surface area contributed by atoms with Gasteiger partial charge in [-0.25, -0.2) is 0 Å². The quantitative estimate of drug-likeness (QED) is 0.554. The van der Waals surface area contributed by atoms with Crippen LogP contribution >= 0.6 is 11.6 Å². The zero-order chi connectivity index (χ0) is 6.85. The van der Waals surface area contributed by atoms with Crippen LogP contribution in [0.1, 0.15) is 13.3 Å². The maximum absolute atomic E-state index is 9.14. The monoisotopic (exact) mass is 144 g/mol. The second-order valence-electron chi connectivity index (χ2n) is 2.27. The molecule has 0 heterocycles. The van der Waals surface area contributed by atoms with Crippen LogP contribution in [0, 0.1) is 5.92 Å². The number of allylic oxidation sites excluding steroid dienone is 4. The van der Waals surface area contributed by atoms with Crippen LogP contribution in [-0.4, -0.2) is 5.11 Å². The molecule has 1 aliphatic rings. The number of hydrogen-bond acceptors (Lipinski definition) is 1. The molecular weight excluding hydrogens is 136 g/mol. The number of rotatable bonds is 0. The summed E-state index contributed by atoms with van der Waals surface area (Å²) in [7, 11) is 0. The third-order valence-corrected chi connectivity index (χ3v) is 1.78. The van der Waals surface area contributed by atoms with Crippen LogP contribution in [0.25, 0.3) is 0 Å². The second kappa shape index (κ2) is 2.44. The molecule has 0 bridgehead atoms. The van der Waals surface area contributed by atoms with Gasteiger partial charge in [-0.2, -0.15) is 0 Å². The minimum absolute atomic E-state index is 0.197. The highest BCUT2D eigenvalue weighted by Crippen LogP contribution is 2.24. The molecule has 0 aliphatic heterocycles. The largest absolute Gasteiger partial charge is 0.510 e. The van der Waals surface area contributed by atoms with E-state index < -0.39 is 0 Å². The maximum atomic E-state index is 9.14. The standard InChI is InChI=1S/C7H9ClO/c1-5-3-2-4-6(8)7(5)9/h2,4-5,9H,3H2,1H3. The van der Waals surface area contributed by atoms with Gasteiger partial charge in [0.2, 0.25) is 0 Å². The van der Waals surface area contributed by atoms with Crippen LogP contribution in [0.15, 0.2) is 22.9 Å². The van der Waals surface area contributed by atoms with E-state index in [0.29, 0.717) is 10.8 Å². The molecule has 0 aromatic rings. The molecule has 0 fully saturated rings. The summed E-state index contributed by atoms with van der Waals surface area (Å²) in [4.78, 5) is 0. The van der Waals surface area contributed by atoms with E-state index in [1.165, 1.54) is 0 Å². The average Bonchev–Trinajstić information content (AvgIpc) is 1.83. The minimum Gasteiger partial charge on any atom is -0.510 e. The minimum atomic E-state index is 0.197. The maximum Gasteiger partial charge on any atom is 0.114 e. The number of aliphatic hydroxyl groups excluding tert-OH is 1. The Kier molecular flexibility index (Phi) is 1.81. The first kappa shape index (κ1) is 6.69. The average molecular weight is 145 g/mol. The van der Waals surface area contributed by atoms with E-state index in [9.17, 15) is 0 Å². The van der Waals surface area contributed by atoms with Crippen molar-refractivity contribution in [3.8, 4) is 0 Å². The van der Waals surface area contributed by atoms with Crippen LogP contribution in [0.5, 0.6) is 0 Å². The molecule has 1 unspecified atom stereocenters. The van der Waals surface area contributed by atoms with Crippen molar-refractivity contribution in [2.75, 3.05) is 0 Å². The molecule has 0 saturated heterocycles. The van der Waals surface area contributed by atoms with Gasteiger partial charge in [0.25, 0.3) is 0 Å². The van der Waals surface area contributed by atoms with Gasteiger partial charge >= 0.3 is 0 Å². The Hall–Kier alpha value is -0.430. The van der Waals surface area contributed by atoms with Gasteiger partial charge in [-0.1, -0.05) is 24.6 Å². The molecule has 0 amide bonds. The lowest BCUT2D eigenvalue weighted by atomic mass is 10.0. The third kappa shape index (κ3) is 1.28. The molecule has 1 nitrogen and oxygen atoms in total. The Morgan fingerprint density at radius 3 is 2.89 bits per heavy atom. The van der Waals surface area contributed by atoms with Gasteiger partial charge in [-0.05, 0) is 12.5 Å². The fraction of sp³-hybridized carbons (Fsp3) is 0.429. The van der Waals surface area contributed by atoms with Crippen molar-refractivity contribution in [2.24, 2.45) is 5.92 Å². The van der Waals surface area contributed by atoms with Crippen molar-refractivity contribution in [2.45, 2.75) is 13.3 Å². The predicted molar refractivity (Wildman–Crippen MR) is 38.4 cm³/mol. The van der Waals surface area contributed by atoms with Crippen LogP contribution in [0.2, 0.25) is 0 Å². The molecule has 0 aromatic heterocycles. The molecule has 0 radical (unpaired) electrons. The van der Waals surface area contributed by atoms with E-state index >= 15 is 0 Å². The summed E-state index contributed by atoms with van der Waals surface area (Å²) < 4.78 is 0. The van der Waals surface area contributed by atoms with Gasteiger partial charge in [0.05, 0.1) is 5.03 Å². The Morgan fingerprint density at radius 2 is 2.44 bits per heavy atom. The van der Waals surface area contributed by atoms with Crippen LogP contribution in [-0.2, 0) is 0 Å². The Labute approximate surface area is 59.6 Å². The zero-order valence-corrected chi connectivity index (χ0v) is 6.02. The SMILES string of the molecule is CC1CC=CC(Cl)=C1O. The molecule has 1 rings (SSSR count). The van der Waals surface area contributed by atoms with Crippen molar-refractivity contribution in [1.29, 1.82) is 0 Å². The summed E-state index contributed by atoms with van der Waals surface area (Å²) in [5.74, 6) is 0.515. The fourth-order valence-electron chi connectivity index (χ4n) is 0.808. The second-order valence-corrected chi connectivity index (χ2v) is 2.68. The van der Waals surface area contributed by atoms with E-state index in [4.69, 9.17) is 16.7 Å². The molecule has 2 heteroatoms. The Balaban J connectivity index is 2.83. The molecule has 1 N–H and O–H groups in total. The molecule has 0 saturated carbocycles. The molecule has 1 aliphatic carbocycles. The van der Waals surface area contributed by atoms with Gasteiger partial charge in [-0.3, -0.25) is 0 Å². The first-order chi connectivity index (χ1) is 4.22. The first-order valence-electron chi connectivity index (χ1n) is 2.97. The molecular formula is C7H9ClO. The van der Waals surface area contributed by atoms with Gasteiger partial charge in [0, 0.05) is 5.92 Å². The summed E-state index contributed by atoms with van der Waals surface area (Å²) in [5, 5.41) is 9.62. The van der Waals surface area contributed by atoms with Crippen LogP contribution in [0.3, 0.4) is 0 Å². The van der Waals surface area contributed by atoms with Gasteiger partial charge in [-0.15, -0.1) is 0 Å². The highest BCUT2D eigenvalue weighted by molar-refractivity contribution is 6.31. The summed E-state index contributed by atoms with van der Waals surface area (Å²) in [6.07, 6.45) is 4.59. The smallest absolute Gasteiger partial charge is 0.114 e. The highest BCUT2D eigenvalue weighted by atomic mass is 35.5. The zero-order valence-electron chi connectivity index (χ0n) is 5.26. The van der Waals surface area contributed by atoms with E-state index in [0.717, 1.165) is 6.42 Å². The van der Waals surface area contributed by atoms with Crippen molar-refractivity contribution in [3.63, 3.8) is 0 Å². The van der Waals surface area contributed by atoms with Gasteiger partial charge in [0.1, 0.15) is 5.76 Å². The van der Waals surface area contributed by atoms with Crippen LogP contribution in [0.4, 0.5) is 0 Å². The molecule has 50 valence electrons. The predicted octanol–water partition coefficient (Wildman–Crippen LogP) is 2.59. The van der Waals surface area contributed by atoms with Gasteiger partial charge in [0.15, 0.2) is 0 Å². The number of halogens is 1. The van der Waals surface area contributed by atoms with E-state index in [1.807, 2.05) is 13.0 Å². The number of hydrogen-bond donors (Lipinski definition) is 1. The normalized spacial score (nSPS) is 27.1. The molecule has 9 heavy (non-hydrogen) atoms. The van der Waals surface area contributed by atoms with E-state index in [-0.39, 0.29) is 5.92 Å². The summed E-state index contributed by atoms with van der Waals surface area (Å²) in [6, 6.07) is 0. The Morgan fingerprint density at radius 1 is 1.78 bits per heavy atom. The van der Waals surface area contributed by atoms with Crippen molar-refractivity contribution in [3.05, 3.63) is 22.9 Å². The van der Waals surface area contributed by atoms with Crippen molar-refractivity contribution in [1.82, 2.24) is 0 Å². The van der Waals surface area contributed by atoms with E-state index in [1.54, 1.807) is 6.08 Å². The topological polar surface area (TPSA) is 20.2 Å². The van der Waals surface area contributed by atoms with E-state index in [2.05, 4.69) is 0 Å². The lowest BCUT2D eigenvalue weighted by molar-refractivity contribution is 0.337. The summed E-state index contributed by atoms with van der Waals surface area (Å²) in [5.41, 5.74) is 0. The summed E-state index contributed by atoms with van der Waals surface area (Å²) in [6.45, 7) is 1.95. The summed E-state index contributed by atoms with van der Waals surface area (Å²) >= 11 is 5.60. The van der Waals surface area contributed by atoms with Crippen molar-refractivity contribution < 1.29 is 5.11 Å². The number of aliphatic hydroxyl groups is 1. The molecule has 0 spiro atoms. The fourth-order valence-corrected chi connectivity index (χ4v) is 1.08. The first-order valence-corrected chi connectivity index (χ1v) is 3.35. The van der Waals surface area contributed by atoms with Crippen LogP contribution < -0.4 is 0 Å². The highest BCUT2D eigenvalue weighted by Gasteiger charge is 2.12. The lowest BCUT2D eigenvalue weighted by Crippen LogP contribution is -2.01. The lowest BCUT2D eigenvalue weighted by Gasteiger charge is -2.12. The Bertz CT molecular complexity index is 170.